The molecule has 2 heterocycles. The van der Waals surface area contributed by atoms with E-state index in [1.54, 1.807) is 0 Å². The maximum atomic E-state index is 12.6. The van der Waals surface area contributed by atoms with Crippen LogP contribution in [0.15, 0.2) is 24.3 Å². The van der Waals surface area contributed by atoms with Gasteiger partial charge >= 0.3 is 0 Å². The summed E-state index contributed by atoms with van der Waals surface area (Å²) in [5, 5.41) is 4.03. The molecule has 0 unspecified atom stereocenters. The summed E-state index contributed by atoms with van der Waals surface area (Å²) < 4.78 is 2.49. The Morgan fingerprint density at radius 3 is 2.75 bits per heavy atom. The average Bonchev–Trinajstić information content (AvgIpc) is 2.74. The van der Waals surface area contributed by atoms with Crippen LogP contribution in [0, 0.1) is 4.77 Å². The first kappa shape index (κ1) is 12.0. The van der Waals surface area contributed by atoms with E-state index in [0.717, 1.165) is 42.4 Å². The van der Waals surface area contributed by atoms with E-state index in [1.807, 2.05) is 28.8 Å². The van der Waals surface area contributed by atoms with E-state index in [-0.39, 0.29) is 5.91 Å². The molecular weight excluding hydrogens is 270 g/mol. The lowest BCUT2D eigenvalue weighted by molar-refractivity contribution is -0.124. The molecular formula is C15H15N3OS. The summed E-state index contributed by atoms with van der Waals surface area (Å²) in [5.74, 6) is 0.911. The van der Waals surface area contributed by atoms with Crippen LogP contribution >= 0.6 is 12.2 Å². The zero-order valence-corrected chi connectivity index (χ0v) is 11.9. The van der Waals surface area contributed by atoms with Crippen LogP contribution in [0.4, 0.5) is 5.82 Å². The van der Waals surface area contributed by atoms with Gasteiger partial charge in [-0.05, 0) is 37.2 Å². The highest BCUT2D eigenvalue weighted by atomic mass is 32.1. The normalized spacial score (nSPS) is 20.1. The zero-order chi connectivity index (χ0) is 13.7. The number of carbonyl (C=O) groups is 1. The van der Waals surface area contributed by atoms with E-state index >= 15 is 0 Å². The third-order valence-corrected chi connectivity index (χ3v) is 4.83. The molecule has 0 bridgehead atoms. The smallest absolute Gasteiger partial charge is 0.251 e. The van der Waals surface area contributed by atoms with Crippen molar-refractivity contribution in [3.05, 3.63) is 29.0 Å². The van der Waals surface area contributed by atoms with Crippen molar-refractivity contribution in [1.82, 2.24) is 9.55 Å². The van der Waals surface area contributed by atoms with Gasteiger partial charge in [0.25, 0.3) is 5.91 Å². The molecule has 4 nitrogen and oxygen atoms in total. The average molecular weight is 285 g/mol. The van der Waals surface area contributed by atoms with E-state index in [4.69, 9.17) is 12.2 Å². The topological polar surface area (TPSA) is 46.9 Å². The minimum atomic E-state index is -0.498. The minimum absolute atomic E-state index is 0.0847. The molecule has 102 valence electrons. The van der Waals surface area contributed by atoms with Crippen LogP contribution in [0.2, 0.25) is 0 Å². The third-order valence-electron chi connectivity index (χ3n) is 4.55. The van der Waals surface area contributed by atoms with Gasteiger partial charge in [-0.2, -0.15) is 0 Å². The number of nitrogens with one attached hydrogen (secondary N) is 1. The molecule has 20 heavy (non-hydrogen) atoms. The number of benzene rings is 1. The van der Waals surface area contributed by atoms with Gasteiger partial charge in [-0.15, -0.1) is 0 Å². The van der Waals surface area contributed by atoms with Gasteiger partial charge in [0, 0.05) is 5.39 Å². The molecule has 5 heteroatoms. The van der Waals surface area contributed by atoms with Gasteiger partial charge in [0.1, 0.15) is 11.4 Å². The second kappa shape index (κ2) is 4.12. The van der Waals surface area contributed by atoms with Crippen molar-refractivity contribution >= 4 is 34.8 Å². The first-order chi connectivity index (χ1) is 9.72. The van der Waals surface area contributed by atoms with Crippen LogP contribution in [0.1, 0.15) is 32.1 Å². The fraction of sp³-hybridized carbons (Fsp3) is 0.400. The second-order valence-electron chi connectivity index (χ2n) is 5.64. The molecule has 2 aliphatic rings. The molecule has 1 fully saturated rings. The SMILES string of the molecule is O=C1Nc2c3ccccc3nc(=S)n2C12CCCCC2. The molecule has 1 spiro atoms. The van der Waals surface area contributed by atoms with Crippen LogP contribution in [-0.2, 0) is 10.3 Å². The number of hydrogen-bond donors (Lipinski definition) is 1. The molecule has 1 N–H and O–H groups in total. The Morgan fingerprint density at radius 2 is 1.95 bits per heavy atom. The Balaban J connectivity index is 2.06. The van der Waals surface area contributed by atoms with E-state index in [1.165, 1.54) is 6.42 Å². The van der Waals surface area contributed by atoms with Gasteiger partial charge in [0.05, 0.1) is 5.52 Å². The monoisotopic (exact) mass is 285 g/mol. The van der Waals surface area contributed by atoms with Crippen molar-refractivity contribution < 1.29 is 4.79 Å². The van der Waals surface area contributed by atoms with Crippen LogP contribution in [0.5, 0.6) is 0 Å². The summed E-state index contributed by atoms with van der Waals surface area (Å²) in [5.41, 5.74) is 0.346. The van der Waals surface area contributed by atoms with Gasteiger partial charge in [0.2, 0.25) is 4.77 Å². The fourth-order valence-corrected chi connectivity index (χ4v) is 3.94. The Kier molecular flexibility index (Phi) is 2.48. The lowest BCUT2D eigenvalue weighted by atomic mass is 9.81. The molecule has 1 saturated carbocycles. The van der Waals surface area contributed by atoms with E-state index in [9.17, 15) is 4.79 Å². The van der Waals surface area contributed by atoms with Crippen molar-refractivity contribution in [2.24, 2.45) is 0 Å². The number of rotatable bonds is 0. The first-order valence-corrected chi connectivity index (χ1v) is 7.47. The quantitative estimate of drug-likeness (QED) is 0.755. The summed E-state index contributed by atoms with van der Waals surface area (Å²) in [6.45, 7) is 0. The van der Waals surface area contributed by atoms with E-state index in [0.29, 0.717) is 4.77 Å². The van der Waals surface area contributed by atoms with Crippen molar-refractivity contribution in [2.45, 2.75) is 37.6 Å². The second-order valence-corrected chi connectivity index (χ2v) is 6.01. The maximum absolute atomic E-state index is 12.6. The van der Waals surface area contributed by atoms with Gasteiger partial charge < -0.3 is 5.32 Å². The molecule has 1 aliphatic carbocycles. The van der Waals surface area contributed by atoms with Gasteiger partial charge in [-0.25, -0.2) is 4.98 Å². The summed E-state index contributed by atoms with van der Waals surface area (Å²) in [6, 6.07) is 7.83. The summed E-state index contributed by atoms with van der Waals surface area (Å²) in [4.78, 5) is 17.1. The molecule has 1 amide bonds. The van der Waals surface area contributed by atoms with Crippen LogP contribution in [0.25, 0.3) is 10.9 Å². The minimum Gasteiger partial charge on any atom is -0.309 e. The van der Waals surface area contributed by atoms with Crippen molar-refractivity contribution in [3.8, 4) is 0 Å². The Hall–Kier alpha value is -1.75. The van der Waals surface area contributed by atoms with Crippen molar-refractivity contribution in [2.75, 3.05) is 5.32 Å². The molecule has 0 saturated heterocycles. The van der Waals surface area contributed by atoms with Crippen molar-refractivity contribution in [3.63, 3.8) is 0 Å². The Morgan fingerprint density at radius 1 is 1.20 bits per heavy atom. The number of fused-ring (bicyclic) bond motifs is 4. The number of amides is 1. The van der Waals surface area contributed by atoms with Gasteiger partial charge in [-0.3, -0.25) is 9.36 Å². The number of para-hydroxylation sites is 1. The fourth-order valence-electron chi connectivity index (χ4n) is 3.57. The van der Waals surface area contributed by atoms with Crippen LogP contribution < -0.4 is 5.32 Å². The predicted octanol–water partition coefficient (Wildman–Crippen LogP) is 3.38. The Bertz CT molecular complexity index is 774. The summed E-state index contributed by atoms with van der Waals surface area (Å²) in [6.07, 6.45) is 5.06. The van der Waals surface area contributed by atoms with E-state index < -0.39 is 5.54 Å². The number of hydrogen-bond acceptors (Lipinski definition) is 3. The first-order valence-electron chi connectivity index (χ1n) is 7.06. The zero-order valence-electron chi connectivity index (χ0n) is 11.1. The molecule has 1 aromatic carbocycles. The highest BCUT2D eigenvalue weighted by Crippen LogP contribution is 2.43. The molecule has 1 aromatic heterocycles. The van der Waals surface area contributed by atoms with E-state index in [2.05, 4.69) is 10.3 Å². The lowest BCUT2D eigenvalue weighted by Gasteiger charge is -2.32. The highest BCUT2D eigenvalue weighted by molar-refractivity contribution is 7.71. The molecule has 0 radical (unpaired) electrons. The standard InChI is InChI=1S/C15H15N3OS/c19-13-15(8-4-1-5-9-15)18-12(17-13)10-6-2-3-7-11(10)16-14(18)20/h2-3,6-7H,1,4-5,8-9H2,(H,17,19). The third kappa shape index (κ3) is 1.44. The number of aromatic nitrogens is 2. The van der Waals surface area contributed by atoms with Gasteiger partial charge in [-0.1, -0.05) is 31.4 Å². The number of nitrogens with zero attached hydrogens (tertiary/aromatic N) is 2. The predicted molar refractivity (Wildman–Crippen MR) is 80.3 cm³/mol. The summed E-state index contributed by atoms with van der Waals surface area (Å²) in [7, 11) is 0. The Labute approximate surface area is 121 Å². The number of carbonyl (C=O) groups excluding carboxylic acids is 1. The largest absolute Gasteiger partial charge is 0.309 e. The van der Waals surface area contributed by atoms with Crippen LogP contribution in [-0.4, -0.2) is 15.5 Å². The molecule has 2 aromatic rings. The number of anilines is 1. The van der Waals surface area contributed by atoms with Crippen LogP contribution in [0.3, 0.4) is 0 Å². The lowest BCUT2D eigenvalue weighted by Crippen LogP contribution is -2.41. The molecule has 1 aliphatic heterocycles. The van der Waals surface area contributed by atoms with Crippen molar-refractivity contribution in [1.29, 1.82) is 0 Å². The molecule has 4 rings (SSSR count). The molecule has 0 atom stereocenters. The maximum Gasteiger partial charge on any atom is 0.251 e. The summed E-state index contributed by atoms with van der Waals surface area (Å²) >= 11 is 5.47. The highest BCUT2D eigenvalue weighted by Gasteiger charge is 2.47. The van der Waals surface area contributed by atoms with Gasteiger partial charge in [0.15, 0.2) is 0 Å².